The summed E-state index contributed by atoms with van der Waals surface area (Å²) in [5, 5.41) is 0. The highest BCUT2D eigenvalue weighted by molar-refractivity contribution is 5.89. The fraction of sp³-hybridized carbons (Fsp3) is 0.455. The molecule has 0 N–H and O–H groups in total. The van der Waals surface area contributed by atoms with Crippen molar-refractivity contribution in [2.24, 2.45) is 0 Å². The van der Waals surface area contributed by atoms with Gasteiger partial charge in [-0.3, -0.25) is 4.98 Å². The third-order valence-corrected chi connectivity index (χ3v) is 2.35. The lowest BCUT2D eigenvalue weighted by Gasteiger charge is -2.25. The van der Waals surface area contributed by atoms with Crippen LogP contribution in [0.4, 0.5) is 0 Å². The molecule has 0 aliphatic carbocycles. The van der Waals surface area contributed by atoms with Gasteiger partial charge >= 0.3 is 5.97 Å². The van der Waals surface area contributed by atoms with Crippen LogP contribution in [0.1, 0.15) is 28.9 Å². The van der Waals surface area contributed by atoms with Crippen molar-refractivity contribution < 1.29 is 14.3 Å². The van der Waals surface area contributed by atoms with Crippen molar-refractivity contribution in [3.8, 4) is 0 Å². The van der Waals surface area contributed by atoms with E-state index in [1.165, 1.54) is 0 Å². The smallest absolute Gasteiger partial charge is 0.338 e. The van der Waals surface area contributed by atoms with Crippen LogP contribution in [0.5, 0.6) is 0 Å². The summed E-state index contributed by atoms with van der Waals surface area (Å²) in [7, 11) is 0. The SMILES string of the molecule is CCOC(=O)c1ccnc(C2COC2)c1. The number of ether oxygens (including phenoxy) is 2. The van der Waals surface area contributed by atoms with Crippen molar-refractivity contribution in [2.75, 3.05) is 19.8 Å². The summed E-state index contributed by atoms with van der Waals surface area (Å²) in [6.45, 7) is 3.57. The van der Waals surface area contributed by atoms with Gasteiger partial charge < -0.3 is 9.47 Å². The molecule has 1 aromatic heterocycles. The number of hydrogen-bond donors (Lipinski definition) is 0. The molecule has 1 aromatic rings. The highest BCUT2D eigenvalue weighted by Gasteiger charge is 2.22. The summed E-state index contributed by atoms with van der Waals surface area (Å²) in [5.74, 6) is 0.0424. The topological polar surface area (TPSA) is 48.4 Å². The van der Waals surface area contributed by atoms with Crippen molar-refractivity contribution in [1.82, 2.24) is 4.98 Å². The van der Waals surface area contributed by atoms with Crippen molar-refractivity contribution in [2.45, 2.75) is 12.8 Å². The summed E-state index contributed by atoms with van der Waals surface area (Å²) < 4.78 is 10.00. The first kappa shape index (κ1) is 10.1. The predicted octanol–water partition coefficient (Wildman–Crippen LogP) is 1.37. The number of esters is 1. The summed E-state index contributed by atoms with van der Waals surface area (Å²) in [4.78, 5) is 15.7. The van der Waals surface area contributed by atoms with E-state index < -0.39 is 0 Å². The van der Waals surface area contributed by atoms with E-state index in [1.807, 2.05) is 0 Å². The first-order valence-electron chi connectivity index (χ1n) is 5.02. The molecule has 4 heteroatoms. The van der Waals surface area contributed by atoms with Crippen LogP contribution in [0, 0.1) is 0 Å². The molecule has 0 saturated carbocycles. The quantitative estimate of drug-likeness (QED) is 0.702. The zero-order valence-corrected chi connectivity index (χ0v) is 8.60. The van der Waals surface area contributed by atoms with Gasteiger partial charge in [-0.15, -0.1) is 0 Å². The van der Waals surface area contributed by atoms with Gasteiger partial charge in [-0.05, 0) is 19.1 Å². The Labute approximate surface area is 88.2 Å². The van der Waals surface area contributed by atoms with E-state index in [-0.39, 0.29) is 5.97 Å². The Bertz CT molecular complexity index is 361. The van der Waals surface area contributed by atoms with Crippen LogP contribution in [-0.4, -0.2) is 30.8 Å². The first-order chi connectivity index (χ1) is 7.31. The fourth-order valence-electron chi connectivity index (χ4n) is 1.42. The van der Waals surface area contributed by atoms with E-state index in [2.05, 4.69) is 4.98 Å². The third-order valence-electron chi connectivity index (χ3n) is 2.35. The molecule has 4 nitrogen and oxygen atoms in total. The van der Waals surface area contributed by atoms with Gasteiger partial charge in [0.15, 0.2) is 0 Å². The monoisotopic (exact) mass is 207 g/mol. The minimum Gasteiger partial charge on any atom is -0.462 e. The molecule has 0 atom stereocenters. The van der Waals surface area contributed by atoms with E-state index in [4.69, 9.17) is 9.47 Å². The molecule has 0 spiro atoms. The van der Waals surface area contributed by atoms with Gasteiger partial charge in [0.2, 0.25) is 0 Å². The third kappa shape index (κ3) is 2.15. The molecule has 0 amide bonds. The first-order valence-corrected chi connectivity index (χ1v) is 5.02. The van der Waals surface area contributed by atoms with Crippen molar-refractivity contribution in [3.63, 3.8) is 0 Å². The molecule has 0 bridgehead atoms. The molecule has 0 unspecified atom stereocenters. The second-order valence-electron chi connectivity index (χ2n) is 3.42. The molecule has 2 heterocycles. The molecular weight excluding hydrogens is 194 g/mol. The van der Waals surface area contributed by atoms with Crippen LogP contribution < -0.4 is 0 Å². The maximum absolute atomic E-state index is 11.4. The van der Waals surface area contributed by atoms with E-state index in [0.717, 1.165) is 5.69 Å². The summed E-state index contributed by atoms with van der Waals surface area (Å²) in [6, 6.07) is 3.45. The number of nitrogens with zero attached hydrogens (tertiary/aromatic N) is 1. The second kappa shape index (κ2) is 4.40. The highest BCUT2D eigenvalue weighted by atomic mass is 16.5. The lowest BCUT2D eigenvalue weighted by Crippen LogP contribution is -2.26. The number of pyridine rings is 1. The summed E-state index contributed by atoms with van der Waals surface area (Å²) in [5.41, 5.74) is 1.47. The van der Waals surface area contributed by atoms with Gasteiger partial charge in [-0.25, -0.2) is 4.79 Å². The van der Waals surface area contributed by atoms with Gasteiger partial charge in [0.05, 0.1) is 25.4 Å². The molecular formula is C11H13NO3. The van der Waals surface area contributed by atoms with Gasteiger partial charge in [-0.1, -0.05) is 0 Å². The maximum atomic E-state index is 11.4. The standard InChI is InChI=1S/C11H13NO3/c1-2-15-11(13)8-3-4-12-10(5-8)9-6-14-7-9/h3-5,9H,2,6-7H2,1H3. The zero-order valence-electron chi connectivity index (χ0n) is 8.60. The van der Waals surface area contributed by atoms with Crippen molar-refractivity contribution in [1.29, 1.82) is 0 Å². The van der Waals surface area contributed by atoms with Crippen LogP contribution in [0.3, 0.4) is 0 Å². The van der Waals surface area contributed by atoms with Gasteiger partial charge in [-0.2, -0.15) is 0 Å². The Morgan fingerprint density at radius 2 is 2.47 bits per heavy atom. The molecule has 0 radical (unpaired) electrons. The van der Waals surface area contributed by atoms with E-state index in [1.54, 1.807) is 25.3 Å². The van der Waals surface area contributed by atoms with Crippen molar-refractivity contribution in [3.05, 3.63) is 29.6 Å². The molecule has 2 rings (SSSR count). The van der Waals surface area contributed by atoms with Crippen LogP contribution in [-0.2, 0) is 9.47 Å². The molecule has 1 aliphatic rings. The molecule has 80 valence electrons. The minimum absolute atomic E-state index is 0.290. The zero-order chi connectivity index (χ0) is 10.7. The molecule has 1 fully saturated rings. The molecule has 1 saturated heterocycles. The fourth-order valence-corrected chi connectivity index (χ4v) is 1.42. The molecule has 1 aliphatic heterocycles. The lowest BCUT2D eigenvalue weighted by molar-refractivity contribution is 0.00662. The van der Waals surface area contributed by atoms with Gasteiger partial charge in [0.1, 0.15) is 0 Å². The maximum Gasteiger partial charge on any atom is 0.338 e. The lowest BCUT2D eigenvalue weighted by atomic mass is 10.0. The van der Waals surface area contributed by atoms with Crippen LogP contribution in [0.2, 0.25) is 0 Å². The largest absolute Gasteiger partial charge is 0.462 e. The Hall–Kier alpha value is -1.42. The normalized spacial score (nSPS) is 15.8. The summed E-state index contributed by atoms with van der Waals surface area (Å²) >= 11 is 0. The van der Waals surface area contributed by atoms with Crippen LogP contribution in [0.15, 0.2) is 18.3 Å². The van der Waals surface area contributed by atoms with Gasteiger partial charge in [0.25, 0.3) is 0 Å². The number of carbonyl (C=O) groups is 1. The Morgan fingerprint density at radius 3 is 3.07 bits per heavy atom. The van der Waals surface area contributed by atoms with E-state index in [9.17, 15) is 4.79 Å². The predicted molar refractivity (Wildman–Crippen MR) is 53.8 cm³/mol. The van der Waals surface area contributed by atoms with Crippen LogP contribution in [0.25, 0.3) is 0 Å². The van der Waals surface area contributed by atoms with E-state index in [0.29, 0.717) is 31.3 Å². The summed E-state index contributed by atoms with van der Waals surface area (Å²) in [6.07, 6.45) is 1.64. The minimum atomic E-state index is -0.290. The Morgan fingerprint density at radius 1 is 1.67 bits per heavy atom. The van der Waals surface area contributed by atoms with Gasteiger partial charge in [0, 0.05) is 17.8 Å². The average molecular weight is 207 g/mol. The Kier molecular flexibility index (Phi) is 2.97. The molecule has 0 aromatic carbocycles. The van der Waals surface area contributed by atoms with E-state index >= 15 is 0 Å². The number of hydrogen-bond acceptors (Lipinski definition) is 4. The number of rotatable bonds is 3. The molecule has 15 heavy (non-hydrogen) atoms. The average Bonchev–Trinajstić information content (AvgIpc) is 2.16. The Balaban J connectivity index is 2.14. The number of aromatic nitrogens is 1. The van der Waals surface area contributed by atoms with Crippen molar-refractivity contribution >= 4 is 5.97 Å². The van der Waals surface area contributed by atoms with Crippen LogP contribution >= 0.6 is 0 Å². The number of carbonyl (C=O) groups excluding carboxylic acids is 1. The second-order valence-corrected chi connectivity index (χ2v) is 3.42. The highest BCUT2D eigenvalue weighted by Crippen LogP contribution is 2.22.